The maximum absolute atomic E-state index is 14.0. The highest BCUT2D eigenvalue weighted by molar-refractivity contribution is 5.94. The summed E-state index contributed by atoms with van der Waals surface area (Å²) in [7, 11) is 0. The Balaban J connectivity index is 1.50. The lowest BCUT2D eigenvalue weighted by Gasteiger charge is -2.35. The molecule has 0 bridgehead atoms. The van der Waals surface area contributed by atoms with Crippen molar-refractivity contribution in [3.8, 4) is 5.82 Å². The Morgan fingerprint density at radius 2 is 1.67 bits per heavy atom. The van der Waals surface area contributed by atoms with E-state index in [1.165, 1.54) is 6.07 Å². The number of nitrogens with zero attached hydrogens (tertiary/aromatic N) is 6. The smallest absolute Gasteiger partial charge is 0.256 e. The fourth-order valence-corrected chi connectivity index (χ4v) is 3.52. The molecule has 30 heavy (non-hydrogen) atoms. The number of hydrogen-bond donors (Lipinski definition) is 0. The van der Waals surface area contributed by atoms with E-state index >= 15 is 0 Å². The van der Waals surface area contributed by atoms with Crippen LogP contribution >= 0.6 is 0 Å². The molecule has 1 fully saturated rings. The van der Waals surface area contributed by atoms with Gasteiger partial charge in [0.15, 0.2) is 0 Å². The van der Waals surface area contributed by atoms with Gasteiger partial charge < -0.3 is 9.80 Å². The normalized spacial score (nSPS) is 14.3. The van der Waals surface area contributed by atoms with Crippen molar-refractivity contribution in [2.75, 3.05) is 31.1 Å². The number of halogens is 2. The third-order valence-corrected chi connectivity index (χ3v) is 5.36. The maximum Gasteiger partial charge on any atom is 0.256 e. The minimum absolute atomic E-state index is 0.115. The molecule has 0 saturated carbocycles. The molecule has 9 heteroatoms. The summed E-state index contributed by atoms with van der Waals surface area (Å²) in [5.74, 6) is 0.166. The van der Waals surface area contributed by atoms with Crippen molar-refractivity contribution in [2.24, 2.45) is 0 Å². The molecule has 156 valence electrons. The molecule has 1 saturated heterocycles. The summed E-state index contributed by atoms with van der Waals surface area (Å²) >= 11 is 0. The summed E-state index contributed by atoms with van der Waals surface area (Å²) in [6.45, 7) is 7.69. The van der Waals surface area contributed by atoms with Gasteiger partial charge in [-0.05, 0) is 32.9 Å². The van der Waals surface area contributed by atoms with E-state index < -0.39 is 17.5 Å². The first kappa shape index (κ1) is 19.9. The Hall–Kier alpha value is -3.36. The van der Waals surface area contributed by atoms with E-state index in [2.05, 4.69) is 19.9 Å². The lowest BCUT2D eigenvalue weighted by Crippen LogP contribution is -2.49. The second-order valence-corrected chi connectivity index (χ2v) is 7.32. The molecule has 1 aliphatic heterocycles. The zero-order valence-electron chi connectivity index (χ0n) is 17.1. The monoisotopic (exact) mass is 412 g/mol. The molecule has 4 rings (SSSR count). The van der Waals surface area contributed by atoms with E-state index in [-0.39, 0.29) is 5.56 Å². The summed E-state index contributed by atoms with van der Waals surface area (Å²) < 4.78 is 29.0. The van der Waals surface area contributed by atoms with E-state index in [0.29, 0.717) is 32.0 Å². The average molecular weight is 412 g/mol. The topological polar surface area (TPSA) is 67.2 Å². The van der Waals surface area contributed by atoms with Gasteiger partial charge in [0.25, 0.3) is 5.91 Å². The van der Waals surface area contributed by atoms with Crippen LogP contribution in [0.15, 0.2) is 30.6 Å². The molecule has 3 aromatic rings. The summed E-state index contributed by atoms with van der Waals surface area (Å²) in [4.78, 5) is 29.7. The first-order valence-electron chi connectivity index (χ1n) is 9.69. The van der Waals surface area contributed by atoms with Crippen LogP contribution < -0.4 is 4.90 Å². The summed E-state index contributed by atoms with van der Waals surface area (Å²) in [5.41, 5.74) is 1.83. The molecule has 2 aromatic heterocycles. The van der Waals surface area contributed by atoms with Gasteiger partial charge in [0.2, 0.25) is 0 Å². The van der Waals surface area contributed by atoms with Crippen molar-refractivity contribution in [1.82, 2.24) is 24.4 Å². The van der Waals surface area contributed by atoms with Crippen LogP contribution in [0, 0.1) is 32.4 Å². The highest BCUT2D eigenvalue weighted by atomic mass is 19.1. The highest BCUT2D eigenvalue weighted by Crippen LogP contribution is 2.20. The van der Waals surface area contributed by atoms with Crippen LogP contribution in [0.25, 0.3) is 5.82 Å². The molecule has 0 unspecified atom stereocenters. The van der Waals surface area contributed by atoms with E-state index in [4.69, 9.17) is 0 Å². The Kier molecular flexibility index (Phi) is 5.19. The number of piperazine rings is 1. The van der Waals surface area contributed by atoms with Gasteiger partial charge in [-0.15, -0.1) is 0 Å². The largest absolute Gasteiger partial charge is 0.353 e. The predicted octanol–water partition coefficient (Wildman–Crippen LogP) is 2.83. The maximum atomic E-state index is 14.0. The first-order valence-corrected chi connectivity index (χ1v) is 9.69. The van der Waals surface area contributed by atoms with E-state index in [0.717, 1.165) is 35.2 Å². The van der Waals surface area contributed by atoms with Crippen molar-refractivity contribution in [3.63, 3.8) is 0 Å². The van der Waals surface area contributed by atoms with Gasteiger partial charge in [0.05, 0.1) is 11.3 Å². The first-order chi connectivity index (χ1) is 14.3. The zero-order chi connectivity index (χ0) is 21.4. The number of imidazole rings is 1. The van der Waals surface area contributed by atoms with Gasteiger partial charge in [-0.25, -0.2) is 23.7 Å². The number of benzene rings is 1. The van der Waals surface area contributed by atoms with E-state index in [9.17, 15) is 13.6 Å². The van der Waals surface area contributed by atoms with Crippen LogP contribution in [-0.4, -0.2) is 56.5 Å². The lowest BCUT2D eigenvalue weighted by molar-refractivity contribution is 0.0741. The van der Waals surface area contributed by atoms with Crippen molar-refractivity contribution < 1.29 is 13.6 Å². The quantitative estimate of drug-likeness (QED) is 0.662. The van der Waals surface area contributed by atoms with Crippen molar-refractivity contribution >= 4 is 11.7 Å². The standard InChI is InChI=1S/C21H22F2N6O/c1-13-14(2)29(12-24-13)20-11-19(25-15(3)26-20)27-6-8-28(9-7-27)21(30)17-5-4-16(22)10-18(17)23/h4-5,10-12H,6-9H2,1-3H3. The molecular formula is C21H22F2N6O. The van der Waals surface area contributed by atoms with E-state index in [1.54, 1.807) is 11.2 Å². The zero-order valence-corrected chi connectivity index (χ0v) is 17.1. The number of rotatable bonds is 3. The number of carbonyl (C=O) groups is 1. The number of hydrogen-bond acceptors (Lipinski definition) is 5. The Labute approximate surface area is 173 Å². The number of amides is 1. The number of anilines is 1. The highest BCUT2D eigenvalue weighted by Gasteiger charge is 2.25. The van der Waals surface area contributed by atoms with Crippen LogP contribution in [0.2, 0.25) is 0 Å². The molecule has 1 amide bonds. The molecule has 0 aliphatic carbocycles. The molecule has 0 spiro atoms. The number of aromatic nitrogens is 4. The van der Waals surface area contributed by atoms with Crippen LogP contribution in [0.5, 0.6) is 0 Å². The molecular weight excluding hydrogens is 390 g/mol. The van der Waals surface area contributed by atoms with Crippen molar-refractivity contribution in [2.45, 2.75) is 20.8 Å². The van der Waals surface area contributed by atoms with Gasteiger partial charge in [-0.1, -0.05) is 0 Å². The Morgan fingerprint density at radius 1 is 0.967 bits per heavy atom. The molecule has 0 radical (unpaired) electrons. The van der Waals surface area contributed by atoms with Crippen LogP contribution in [-0.2, 0) is 0 Å². The van der Waals surface area contributed by atoms with Gasteiger partial charge in [-0.2, -0.15) is 0 Å². The van der Waals surface area contributed by atoms with Crippen molar-refractivity contribution in [3.05, 3.63) is 65.0 Å². The minimum atomic E-state index is -0.843. The van der Waals surface area contributed by atoms with Gasteiger partial charge >= 0.3 is 0 Å². The predicted molar refractivity (Wildman–Crippen MR) is 108 cm³/mol. The lowest BCUT2D eigenvalue weighted by atomic mass is 10.1. The average Bonchev–Trinajstić information content (AvgIpc) is 3.06. The van der Waals surface area contributed by atoms with Crippen LogP contribution in [0.4, 0.5) is 14.6 Å². The SMILES string of the molecule is Cc1nc(N2CCN(C(=O)c3ccc(F)cc3F)CC2)cc(-n2cnc(C)c2C)n1. The van der Waals surface area contributed by atoms with E-state index in [1.807, 2.05) is 31.4 Å². The number of aryl methyl sites for hydroxylation is 2. The van der Waals surface area contributed by atoms with Gasteiger partial charge in [0.1, 0.15) is 35.4 Å². The minimum Gasteiger partial charge on any atom is -0.353 e. The number of carbonyl (C=O) groups excluding carboxylic acids is 1. The fourth-order valence-electron chi connectivity index (χ4n) is 3.52. The molecule has 1 aliphatic rings. The molecule has 0 N–H and O–H groups in total. The second-order valence-electron chi connectivity index (χ2n) is 7.32. The molecule has 3 heterocycles. The summed E-state index contributed by atoms with van der Waals surface area (Å²) in [6, 6.07) is 4.92. The molecule has 1 aromatic carbocycles. The van der Waals surface area contributed by atoms with Crippen LogP contribution in [0.1, 0.15) is 27.6 Å². The van der Waals surface area contributed by atoms with Gasteiger partial charge in [-0.3, -0.25) is 9.36 Å². The van der Waals surface area contributed by atoms with Crippen molar-refractivity contribution in [1.29, 1.82) is 0 Å². The summed E-state index contributed by atoms with van der Waals surface area (Å²) in [6.07, 6.45) is 1.74. The summed E-state index contributed by atoms with van der Waals surface area (Å²) in [5, 5.41) is 0. The van der Waals surface area contributed by atoms with Crippen LogP contribution in [0.3, 0.4) is 0 Å². The third kappa shape index (κ3) is 3.74. The Bertz CT molecular complexity index is 1100. The molecule has 7 nitrogen and oxygen atoms in total. The fraction of sp³-hybridized carbons (Fsp3) is 0.333. The third-order valence-electron chi connectivity index (χ3n) is 5.36. The molecule has 0 atom stereocenters. The van der Waals surface area contributed by atoms with Gasteiger partial charge in [0, 0.05) is 44.0 Å². The Morgan fingerprint density at radius 3 is 2.30 bits per heavy atom. The second kappa shape index (κ2) is 7.81.